The van der Waals surface area contributed by atoms with E-state index in [0.29, 0.717) is 0 Å². The zero-order chi connectivity index (χ0) is 14.6. The van der Waals surface area contributed by atoms with Gasteiger partial charge in [0.15, 0.2) is 0 Å². The Morgan fingerprint density at radius 2 is 1.90 bits per heavy atom. The number of nitrogens with one attached hydrogen (secondary N) is 2. The lowest BCUT2D eigenvalue weighted by Crippen LogP contribution is -2.26. The van der Waals surface area contributed by atoms with Gasteiger partial charge in [-0.3, -0.25) is 4.79 Å². The smallest absolute Gasteiger partial charge is 0.234 e. The lowest BCUT2D eigenvalue weighted by Gasteiger charge is -2.14. The number of imidazole rings is 1. The molecule has 0 saturated heterocycles. The van der Waals surface area contributed by atoms with Crippen LogP contribution < -0.4 is 5.32 Å². The first-order valence-corrected chi connectivity index (χ1v) is 6.97. The molecule has 0 spiro atoms. The Bertz CT molecular complexity index is 844. The molecular weight excluding hydrogens is 262 g/mol. The van der Waals surface area contributed by atoms with Gasteiger partial charge in [-0.1, -0.05) is 24.3 Å². The molecule has 1 aliphatic rings. The number of amides is 1. The van der Waals surface area contributed by atoms with Crippen molar-refractivity contribution in [3.8, 4) is 11.4 Å². The van der Waals surface area contributed by atoms with Crippen LogP contribution in [0.1, 0.15) is 19.4 Å². The van der Waals surface area contributed by atoms with Crippen molar-refractivity contribution in [2.24, 2.45) is 0 Å². The van der Waals surface area contributed by atoms with Gasteiger partial charge in [0.25, 0.3) is 0 Å². The number of hydrogen-bond donors (Lipinski definition) is 2. The van der Waals surface area contributed by atoms with E-state index in [-0.39, 0.29) is 5.91 Å². The second-order valence-electron chi connectivity index (χ2n) is 5.94. The highest BCUT2D eigenvalue weighted by atomic mass is 16.2. The van der Waals surface area contributed by atoms with E-state index in [1.807, 2.05) is 56.3 Å². The summed E-state index contributed by atoms with van der Waals surface area (Å²) in [6.07, 6.45) is 0. The van der Waals surface area contributed by atoms with Crippen LogP contribution in [0.25, 0.3) is 22.4 Å². The fraction of sp³-hybridized carbons (Fsp3) is 0.176. The van der Waals surface area contributed by atoms with Crippen molar-refractivity contribution in [1.82, 2.24) is 9.97 Å². The van der Waals surface area contributed by atoms with E-state index in [0.717, 1.165) is 33.7 Å². The molecule has 3 aromatic rings. The summed E-state index contributed by atoms with van der Waals surface area (Å²) in [5.41, 5.74) is 4.37. The SMILES string of the molecule is CC1(C)C(=O)Nc2cc(-c3nc4ccccc4[nH]3)ccc21. The Morgan fingerprint density at radius 3 is 2.71 bits per heavy atom. The molecular formula is C17H15N3O. The molecule has 0 aliphatic carbocycles. The third kappa shape index (κ3) is 1.69. The molecule has 4 rings (SSSR count). The van der Waals surface area contributed by atoms with Crippen LogP contribution in [0.4, 0.5) is 5.69 Å². The highest BCUT2D eigenvalue weighted by Crippen LogP contribution is 2.39. The van der Waals surface area contributed by atoms with Gasteiger partial charge in [-0.25, -0.2) is 4.98 Å². The van der Waals surface area contributed by atoms with Gasteiger partial charge in [0, 0.05) is 11.3 Å². The van der Waals surface area contributed by atoms with Gasteiger partial charge in [0.1, 0.15) is 5.82 Å². The summed E-state index contributed by atoms with van der Waals surface area (Å²) in [5, 5.41) is 2.95. The number of hydrogen-bond acceptors (Lipinski definition) is 2. The van der Waals surface area contributed by atoms with E-state index < -0.39 is 5.41 Å². The van der Waals surface area contributed by atoms with Crippen LogP contribution in [0.3, 0.4) is 0 Å². The summed E-state index contributed by atoms with van der Waals surface area (Å²) >= 11 is 0. The largest absolute Gasteiger partial charge is 0.338 e. The molecule has 1 amide bonds. The standard InChI is InChI=1S/C17H15N3O/c1-17(2)11-8-7-10(9-14(11)20-16(17)21)15-18-12-5-3-4-6-13(12)19-15/h3-9H,1-2H3,(H,18,19)(H,20,21). The van der Waals surface area contributed by atoms with Crippen molar-refractivity contribution in [2.45, 2.75) is 19.3 Å². The monoisotopic (exact) mass is 277 g/mol. The second-order valence-corrected chi connectivity index (χ2v) is 5.94. The molecule has 104 valence electrons. The van der Waals surface area contributed by atoms with Gasteiger partial charge in [-0.2, -0.15) is 0 Å². The van der Waals surface area contributed by atoms with Gasteiger partial charge in [-0.15, -0.1) is 0 Å². The number of benzene rings is 2. The minimum atomic E-state index is -0.470. The van der Waals surface area contributed by atoms with Gasteiger partial charge in [0.2, 0.25) is 5.91 Å². The summed E-state index contributed by atoms with van der Waals surface area (Å²) in [6, 6.07) is 13.9. The van der Waals surface area contributed by atoms with Crippen LogP contribution in [0.5, 0.6) is 0 Å². The summed E-state index contributed by atoms with van der Waals surface area (Å²) in [6.45, 7) is 3.88. The number of anilines is 1. The molecule has 0 bridgehead atoms. The zero-order valence-electron chi connectivity index (χ0n) is 11.9. The molecule has 4 heteroatoms. The van der Waals surface area contributed by atoms with Crippen LogP contribution in [0.2, 0.25) is 0 Å². The van der Waals surface area contributed by atoms with Crippen molar-refractivity contribution in [1.29, 1.82) is 0 Å². The van der Waals surface area contributed by atoms with Crippen LogP contribution in [0.15, 0.2) is 42.5 Å². The molecule has 2 N–H and O–H groups in total. The third-order valence-electron chi connectivity index (χ3n) is 4.17. The number of aromatic nitrogens is 2. The van der Waals surface area contributed by atoms with Gasteiger partial charge < -0.3 is 10.3 Å². The lowest BCUT2D eigenvalue weighted by molar-refractivity contribution is -0.119. The van der Waals surface area contributed by atoms with E-state index >= 15 is 0 Å². The quantitative estimate of drug-likeness (QED) is 0.715. The maximum absolute atomic E-state index is 12.0. The number of fused-ring (bicyclic) bond motifs is 2. The number of carbonyl (C=O) groups excluding carboxylic acids is 1. The van der Waals surface area contributed by atoms with Crippen LogP contribution in [-0.2, 0) is 10.2 Å². The van der Waals surface area contributed by atoms with Crippen LogP contribution in [-0.4, -0.2) is 15.9 Å². The molecule has 1 aliphatic heterocycles. The third-order valence-corrected chi connectivity index (χ3v) is 4.17. The first kappa shape index (κ1) is 12.1. The minimum absolute atomic E-state index is 0.0410. The fourth-order valence-electron chi connectivity index (χ4n) is 2.83. The molecule has 0 unspecified atom stereocenters. The second kappa shape index (κ2) is 3.95. The van der Waals surface area contributed by atoms with Crippen molar-refractivity contribution < 1.29 is 4.79 Å². The van der Waals surface area contributed by atoms with E-state index in [1.165, 1.54) is 0 Å². The predicted molar refractivity (Wildman–Crippen MR) is 83.2 cm³/mol. The molecule has 0 atom stereocenters. The van der Waals surface area contributed by atoms with Crippen molar-refractivity contribution in [2.75, 3.05) is 5.32 Å². The van der Waals surface area contributed by atoms with Crippen molar-refractivity contribution in [3.05, 3.63) is 48.0 Å². The summed E-state index contributed by atoms with van der Waals surface area (Å²) < 4.78 is 0. The first-order chi connectivity index (χ1) is 10.1. The zero-order valence-corrected chi connectivity index (χ0v) is 11.9. The molecule has 0 saturated carbocycles. The first-order valence-electron chi connectivity index (χ1n) is 6.97. The minimum Gasteiger partial charge on any atom is -0.338 e. The molecule has 2 heterocycles. The normalized spacial score (nSPS) is 16.0. The predicted octanol–water partition coefficient (Wildman–Crippen LogP) is 3.46. The van der Waals surface area contributed by atoms with E-state index in [9.17, 15) is 4.79 Å². The Hall–Kier alpha value is -2.62. The van der Waals surface area contributed by atoms with Crippen molar-refractivity contribution in [3.63, 3.8) is 0 Å². The number of para-hydroxylation sites is 2. The molecule has 0 fully saturated rings. The Morgan fingerprint density at radius 1 is 1.10 bits per heavy atom. The number of H-pyrrole nitrogens is 1. The highest BCUT2D eigenvalue weighted by Gasteiger charge is 2.38. The molecule has 1 aromatic heterocycles. The van der Waals surface area contributed by atoms with Crippen LogP contribution in [0, 0.1) is 0 Å². The van der Waals surface area contributed by atoms with Gasteiger partial charge in [0.05, 0.1) is 16.4 Å². The molecule has 2 aromatic carbocycles. The average molecular weight is 277 g/mol. The van der Waals surface area contributed by atoms with Crippen molar-refractivity contribution >= 4 is 22.6 Å². The molecule has 4 nitrogen and oxygen atoms in total. The fourth-order valence-corrected chi connectivity index (χ4v) is 2.83. The molecule has 0 radical (unpaired) electrons. The maximum Gasteiger partial charge on any atom is 0.234 e. The summed E-state index contributed by atoms with van der Waals surface area (Å²) in [4.78, 5) is 19.9. The van der Waals surface area contributed by atoms with E-state index in [1.54, 1.807) is 0 Å². The Labute approximate surface area is 122 Å². The topological polar surface area (TPSA) is 57.8 Å². The summed E-state index contributed by atoms with van der Waals surface area (Å²) in [5.74, 6) is 0.859. The number of rotatable bonds is 1. The van der Waals surface area contributed by atoms with Gasteiger partial charge >= 0.3 is 0 Å². The Balaban J connectivity index is 1.84. The van der Waals surface area contributed by atoms with E-state index in [4.69, 9.17) is 0 Å². The summed E-state index contributed by atoms with van der Waals surface area (Å²) in [7, 11) is 0. The number of carbonyl (C=O) groups is 1. The highest BCUT2D eigenvalue weighted by molar-refractivity contribution is 6.06. The number of aromatic amines is 1. The number of nitrogens with zero attached hydrogens (tertiary/aromatic N) is 1. The maximum atomic E-state index is 12.0. The average Bonchev–Trinajstić information content (AvgIpc) is 2.99. The molecule has 21 heavy (non-hydrogen) atoms. The van der Waals surface area contributed by atoms with Gasteiger partial charge in [-0.05, 0) is 37.6 Å². The Kier molecular flexibility index (Phi) is 2.28. The van der Waals surface area contributed by atoms with Crippen LogP contribution >= 0.6 is 0 Å². The van der Waals surface area contributed by atoms with E-state index in [2.05, 4.69) is 15.3 Å². The lowest BCUT2D eigenvalue weighted by atomic mass is 9.86.